The number of aryl methyl sites for hydroxylation is 1. The predicted octanol–water partition coefficient (Wildman–Crippen LogP) is 6.80. The summed E-state index contributed by atoms with van der Waals surface area (Å²) in [7, 11) is 0. The fraction of sp³-hybridized carbons (Fsp3) is 0.471. The van der Waals surface area contributed by atoms with E-state index in [-0.39, 0.29) is 17.5 Å². The molecule has 2 amide bonds. The molecule has 1 aliphatic heterocycles. The summed E-state index contributed by atoms with van der Waals surface area (Å²) in [6, 6.07) is 13.8. The minimum absolute atomic E-state index is 0.0876. The molecule has 0 spiro atoms. The number of hydrogen-bond acceptors (Lipinski definition) is 6. The number of carboxylic acid groups (broad SMARTS) is 1. The van der Waals surface area contributed by atoms with Crippen LogP contribution in [0, 0.1) is 12.3 Å². The van der Waals surface area contributed by atoms with Gasteiger partial charge in [-0.15, -0.1) is 0 Å². The van der Waals surface area contributed by atoms with Crippen LogP contribution in [0.5, 0.6) is 0 Å². The molecule has 1 saturated carbocycles. The molecule has 2 N–H and O–H groups in total. The molecule has 1 aliphatic carbocycles. The molecular weight excluding hydrogens is 544 g/mol. The van der Waals surface area contributed by atoms with Crippen LogP contribution in [-0.2, 0) is 4.79 Å². The van der Waals surface area contributed by atoms with E-state index in [4.69, 9.17) is 9.52 Å². The molecule has 2 fully saturated rings. The van der Waals surface area contributed by atoms with Crippen molar-refractivity contribution in [1.29, 1.82) is 0 Å². The highest BCUT2D eigenvalue weighted by Crippen LogP contribution is 2.42. The quantitative estimate of drug-likeness (QED) is 0.250. The number of carboxylic acids is 1. The number of nitrogens with one attached hydrogen (secondary N) is 1. The molecule has 2 aliphatic rings. The molecule has 1 aromatic carbocycles. The summed E-state index contributed by atoms with van der Waals surface area (Å²) in [6.45, 7) is 7.67. The van der Waals surface area contributed by atoms with Crippen molar-refractivity contribution in [2.45, 2.75) is 77.7 Å². The lowest BCUT2D eigenvalue weighted by molar-refractivity contribution is -0.105. The van der Waals surface area contributed by atoms with E-state index < -0.39 is 5.97 Å². The lowest BCUT2D eigenvalue weighted by Gasteiger charge is -2.41. The number of aromatic carboxylic acids is 1. The van der Waals surface area contributed by atoms with Gasteiger partial charge in [-0.3, -0.25) is 14.5 Å². The summed E-state index contributed by atoms with van der Waals surface area (Å²) >= 11 is 0. The van der Waals surface area contributed by atoms with Gasteiger partial charge >= 0.3 is 5.97 Å². The van der Waals surface area contributed by atoms with Crippen molar-refractivity contribution in [1.82, 2.24) is 9.88 Å². The van der Waals surface area contributed by atoms with Crippen molar-refractivity contribution >= 4 is 29.8 Å². The lowest BCUT2D eigenvalue weighted by atomic mass is 9.70. The molecule has 0 unspecified atom stereocenters. The number of aromatic nitrogens is 1. The van der Waals surface area contributed by atoms with E-state index in [9.17, 15) is 14.4 Å². The number of amides is 2. The largest absolute Gasteiger partial charge is 0.478 e. The molecule has 0 radical (unpaired) electrons. The van der Waals surface area contributed by atoms with Gasteiger partial charge in [0.1, 0.15) is 5.82 Å². The van der Waals surface area contributed by atoms with E-state index in [1.54, 1.807) is 30.5 Å². The molecule has 9 nitrogen and oxygen atoms in total. The topological polar surface area (TPSA) is 116 Å². The molecule has 0 bridgehead atoms. The standard InChI is InChI=1S/C26H37N3O2.C8H7NO3/c1-3-26(13-5-4-6-14-26)15-18-28-16-11-22(12-17-28)29(24-10-9-21(2)20-27-24)25(30)23-8-7-19-31-23;10-5-9-7-4-2-1-3-6(7)8(11)12/h7-10,19-20,22H,3-6,11-18H2,1-2H3;1-5H,(H,9,10)(H,11,12). The summed E-state index contributed by atoms with van der Waals surface area (Å²) in [4.78, 5) is 42.9. The van der Waals surface area contributed by atoms with E-state index in [1.807, 2.05) is 30.2 Å². The molecule has 43 heavy (non-hydrogen) atoms. The summed E-state index contributed by atoms with van der Waals surface area (Å²) in [5, 5.41) is 10.9. The molecule has 1 saturated heterocycles. The highest BCUT2D eigenvalue weighted by Gasteiger charge is 2.34. The first-order chi connectivity index (χ1) is 20.9. The molecule has 230 valence electrons. The van der Waals surface area contributed by atoms with Gasteiger partial charge in [-0.2, -0.15) is 0 Å². The van der Waals surface area contributed by atoms with E-state index in [1.165, 1.54) is 63.6 Å². The Bertz CT molecular complexity index is 1310. The fourth-order valence-corrected chi connectivity index (χ4v) is 6.32. The Balaban J connectivity index is 0.000000296. The number of carbonyl (C=O) groups is 3. The van der Waals surface area contributed by atoms with Crippen LogP contribution in [-0.4, -0.2) is 59.0 Å². The van der Waals surface area contributed by atoms with Crippen LogP contribution in [0.15, 0.2) is 65.4 Å². The van der Waals surface area contributed by atoms with Crippen LogP contribution in [0.4, 0.5) is 11.5 Å². The number of piperidine rings is 1. The van der Waals surface area contributed by atoms with Gasteiger partial charge in [0.2, 0.25) is 6.41 Å². The van der Waals surface area contributed by atoms with Crippen molar-refractivity contribution < 1.29 is 23.9 Å². The molecule has 0 atom stereocenters. The van der Waals surface area contributed by atoms with E-state index >= 15 is 0 Å². The second-order valence-corrected chi connectivity index (χ2v) is 11.7. The highest BCUT2D eigenvalue weighted by molar-refractivity contribution is 6.04. The number of benzene rings is 1. The van der Waals surface area contributed by atoms with Crippen molar-refractivity contribution in [3.8, 4) is 0 Å². The van der Waals surface area contributed by atoms with Crippen molar-refractivity contribution in [3.05, 3.63) is 77.9 Å². The Kier molecular flexibility index (Phi) is 11.5. The Morgan fingerprint density at radius 2 is 1.84 bits per heavy atom. The zero-order chi connectivity index (χ0) is 30.7. The Hall–Kier alpha value is -3.98. The number of para-hydroxylation sites is 1. The normalized spacial score (nSPS) is 16.9. The van der Waals surface area contributed by atoms with Crippen LogP contribution in [0.1, 0.15) is 91.2 Å². The number of hydrogen-bond donors (Lipinski definition) is 2. The van der Waals surface area contributed by atoms with Gasteiger partial charge in [-0.05, 0) is 86.9 Å². The predicted molar refractivity (Wildman–Crippen MR) is 167 cm³/mol. The second kappa shape index (κ2) is 15.5. The highest BCUT2D eigenvalue weighted by atomic mass is 16.4. The first-order valence-electron chi connectivity index (χ1n) is 15.4. The van der Waals surface area contributed by atoms with Gasteiger partial charge in [0.25, 0.3) is 5.91 Å². The van der Waals surface area contributed by atoms with Gasteiger partial charge in [0, 0.05) is 25.3 Å². The number of anilines is 2. The third kappa shape index (κ3) is 8.54. The summed E-state index contributed by atoms with van der Waals surface area (Å²) in [6.07, 6.45) is 15.5. The van der Waals surface area contributed by atoms with Crippen LogP contribution >= 0.6 is 0 Å². The molecule has 3 heterocycles. The van der Waals surface area contributed by atoms with E-state index in [0.717, 1.165) is 37.3 Å². The Morgan fingerprint density at radius 3 is 2.44 bits per heavy atom. The zero-order valence-corrected chi connectivity index (χ0v) is 25.3. The lowest BCUT2D eigenvalue weighted by Crippen LogP contribution is -2.48. The minimum Gasteiger partial charge on any atom is -0.478 e. The fourth-order valence-electron chi connectivity index (χ4n) is 6.32. The monoisotopic (exact) mass is 588 g/mol. The maximum atomic E-state index is 13.3. The average Bonchev–Trinajstić information content (AvgIpc) is 3.58. The van der Waals surface area contributed by atoms with Gasteiger partial charge in [0.05, 0.1) is 17.5 Å². The number of nitrogens with zero attached hydrogens (tertiary/aromatic N) is 3. The number of likely N-dealkylation sites (tertiary alicyclic amines) is 1. The SMILES string of the molecule is CCC1(CCN2CCC(N(C(=O)c3ccco3)c3ccc(C)cn3)CC2)CCCCC1.O=CNc1ccccc1C(=O)O. The summed E-state index contributed by atoms with van der Waals surface area (Å²) < 4.78 is 5.43. The van der Waals surface area contributed by atoms with Gasteiger partial charge in [0.15, 0.2) is 5.76 Å². The Morgan fingerprint density at radius 1 is 1.09 bits per heavy atom. The summed E-state index contributed by atoms with van der Waals surface area (Å²) in [5.74, 6) is -0.0449. The van der Waals surface area contributed by atoms with Crippen LogP contribution < -0.4 is 10.2 Å². The van der Waals surface area contributed by atoms with E-state index in [2.05, 4.69) is 22.1 Å². The second-order valence-electron chi connectivity index (χ2n) is 11.7. The maximum absolute atomic E-state index is 13.3. The minimum atomic E-state index is -1.06. The number of pyridine rings is 1. The van der Waals surface area contributed by atoms with Crippen LogP contribution in [0.25, 0.3) is 0 Å². The number of rotatable bonds is 10. The van der Waals surface area contributed by atoms with Crippen LogP contribution in [0.2, 0.25) is 0 Å². The third-order valence-corrected chi connectivity index (χ3v) is 9.01. The van der Waals surface area contributed by atoms with Crippen molar-refractivity contribution in [2.24, 2.45) is 5.41 Å². The smallest absolute Gasteiger partial charge is 0.337 e. The first-order valence-corrected chi connectivity index (χ1v) is 15.4. The maximum Gasteiger partial charge on any atom is 0.337 e. The average molecular weight is 589 g/mol. The van der Waals surface area contributed by atoms with Gasteiger partial charge < -0.3 is 19.7 Å². The van der Waals surface area contributed by atoms with Crippen LogP contribution in [0.3, 0.4) is 0 Å². The Labute approximate surface area is 254 Å². The summed E-state index contributed by atoms with van der Waals surface area (Å²) in [5.41, 5.74) is 2.06. The van der Waals surface area contributed by atoms with Gasteiger partial charge in [-0.1, -0.05) is 50.8 Å². The van der Waals surface area contributed by atoms with Gasteiger partial charge in [-0.25, -0.2) is 9.78 Å². The molecule has 5 rings (SSSR count). The third-order valence-electron chi connectivity index (χ3n) is 9.01. The molecule has 9 heteroatoms. The molecule has 2 aromatic heterocycles. The van der Waals surface area contributed by atoms with Crippen molar-refractivity contribution in [3.63, 3.8) is 0 Å². The first kappa shape index (κ1) is 31.9. The van der Waals surface area contributed by atoms with E-state index in [0.29, 0.717) is 23.3 Å². The number of carbonyl (C=O) groups excluding carboxylic acids is 2. The molecular formula is C34H44N4O5. The number of furan rings is 1. The molecule has 3 aromatic rings. The zero-order valence-electron chi connectivity index (χ0n) is 25.3. The van der Waals surface area contributed by atoms with Crippen molar-refractivity contribution in [2.75, 3.05) is 29.9 Å².